The van der Waals surface area contributed by atoms with Crippen LogP contribution >= 0.6 is 0 Å². The average Bonchev–Trinajstić information content (AvgIpc) is 2.45. The minimum Gasteiger partial charge on any atom is -0.482 e. The van der Waals surface area contributed by atoms with Gasteiger partial charge in [-0.2, -0.15) is 0 Å². The van der Waals surface area contributed by atoms with Gasteiger partial charge in [0.25, 0.3) is 11.6 Å². The van der Waals surface area contributed by atoms with Gasteiger partial charge in [-0.3, -0.25) is 19.7 Å². The largest absolute Gasteiger partial charge is 0.482 e. The molecule has 1 heterocycles. The molecule has 0 bridgehead atoms. The molecule has 1 aliphatic heterocycles. The summed E-state index contributed by atoms with van der Waals surface area (Å²) >= 11 is 0. The molecule has 0 atom stereocenters. The van der Waals surface area contributed by atoms with Gasteiger partial charge in [0.15, 0.2) is 6.61 Å². The Morgan fingerprint density at radius 1 is 1.52 bits per heavy atom. The molecule has 0 aromatic heterocycles. The Kier molecular flexibility index (Phi) is 4.36. The molecule has 21 heavy (non-hydrogen) atoms. The standard InChI is InChI=1S/C13H14N2O6/c1-2-20-13(17)5-6-14-10-7-9(15(18)19)3-4-11(10)21-8-12(14)16/h3-4,7H,2,5-6,8H2,1H3. The molecule has 2 rings (SSSR count). The second-order valence-corrected chi connectivity index (χ2v) is 4.30. The van der Waals surface area contributed by atoms with Crippen molar-refractivity contribution >= 4 is 23.3 Å². The summed E-state index contributed by atoms with van der Waals surface area (Å²) < 4.78 is 10.0. The zero-order chi connectivity index (χ0) is 15.4. The summed E-state index contributed by atoms with van der Waals surface area (Å²) in [6.07, 6.45) is 0.0156. The smallest absolute Gasteiger partial charge is 0.307 e. The predicted octanol–water partition coefficient (Wildman–Crippen LogP) is 1.27. The number of nitro groups is 1. The van der Waals surface area contributed by atoms with Gasteiger partial charge in [-0.1, -0.05) is 0 Å². The first-order valence-corrected chi connectivity index (χ1v) is 6.40. The molecule has 112 valence electrons. The van der Waals surface area contributed by atoms with E-state index in [2.05, 4.69) is 0 Å². The summed E-state index contributed by atoms with van der Waals surface area (Å²) in [6, 6.07) is 4.01. The minimum absolute atomic E-state index is 0.0156. The Morgan fingerprint density at radius 3 is 2.95 bits per heavy atom. The SMILES string of the molecule is CCOC(=O)CCN1C(=O)COc2ccc([N+](=O)[O-])cc21. The number of non-ortho nitro benzene ring substituents is 1. The summed E-state index contributed by atoms with van der Waals surface area (Å²) in [7, 11) is 0. The third-order valence-corrected chi connectivity index (χ3v) is 2.94. The van der Waals surface area contributed by atoms with E-state index in [-0.39, 0.29) is 37.8 Å². The first-order chi connectivity index (χ1) is 10.0. The van der Waals surface area contributed by atoms with Gasteiger partial charge in [0.1, 0.15) is 5.75 Å². The molecular formula is C13H14N2O6. The van der Waals surface area contributed by atoms with E-state index in [1.54, 1.807) is 6.92 Å². The summed E-state index contributed by atoms with van der Waals surface area (Å²) in [5.74, 6) is -0.403. The zero-order valence-corrected chi connectivity index (χ0v) is 11.4. The normalized spacial score (nSPS) is 13.4. The van der Waals surface area contributed by atoms with E-state index in [1.807, 2.05) is 0 Å². The first kappa shape index (κ1) is 14.8. The van der Waals surface area contributed by atoms with Crippen molar-refractivity contribution in [1.29, 1.82) is 0 Å². The van der Waals surface area contributed by atoms with Crippen LogP contribution in [0.25, 0.3) is 0 Å². The molecule has 0 spiro atoms. The Balaban J connectivity index is 2.22. The number of benzene rings is 1. The maximum absolute atomic E-state index is 11.9. The molecule has 0 saturated carbocycles. The number of carbonyl (C=O) groups is 2. The number of fused-ring (bicyclic) bond motifs is 1. The van der Waals surface area contributed by atoms with Crippen molar-refractivity contribution in [3.05, 3.63) is 28.3 Å². The minimum atomic E-state index is -0.553. The highest BCUT2D eigenvalue weighted by Crippen LogP contribution is 2.35. The number of hydrogen-bond acceptors (Lipinski definition) is 6. The van der Waals surface area contributed by atoms with Crippen LogP contribution in [0.3, 0.4) is 0 Å². The van der Waals surface area contributed by atoms with Gasteiger partial charge in [-0.15, -0.1) is 0 Å². The quantitative estimate of drug-likeness (QED) is 0.460. The highest BCUT2D eigenvalue weighted by atomic mass is 16.6. The number of rotatable bonds is 5. The van der Waals surface area contributed by atoms with E-state index >= 15 is 0 Å². The molecule has 1 aliphatic rings. The van der Waals surface area contributed by atoms with Crippen LogP contribution in [0.1, 0.15) is 13.3 Å². The summed E-state index contributed by atoms with van der Waals surface area (Å²) in [6.45, 7) is 1.89. The van der Waals surface area contributed by atoms with Gasteiger partial charge in [-0.05, 0) is 13.0 Å². The Bertz CT molecular complexity index is 586. The lowest BCUT2D eigenvalue weighted by atomic mass is 10.2. The van der Waals surface area contributed by atoms with Crippen molar-refractivity contribution in [2.75, 3.05) is 24.7 Å². The van der Waals surface area contributed by atoms with E-state index in [0.29, 0.717) is 11.4 Å². The van der Waals surface area contributed by atoms with Crippen molar-refractivity contribution in [1.82, 2.24) is 0 Å². The van der Waals surface area contributed by atoms with Crippen molar-refractivity contribution in [2.24, 2.45) is 0 Å². The van der Waals surface area contributed by atoms with Crippen molar-refractivity contribution < 1.29 is 24.0 Å². The maximum atomic E-state index is 11.9. The van der Waals surface area contributed by atoms with Crippen LogP contribution in [0.2, 0.25) is 0 Å². The number of hydrogen-bond donors (Lipinski definition) is 0. The van der Waals surface area contributed by atoms with Gasteiger partial charge in [0.05, 0.1) is 23.6 Å². The molecule has 1 aromatic carbocycles. The number of carbonyl (C=O) groups excluding carboxylic acids is 2. The van der Waals surface area contributed by atoms with Crippen molar-refractivity contribution in [2.45, 2.75) is 13.3 Å². The molecule has 8 nitrogen and oxygen atoms in total. The number of anilines is 1. The highest BCUT2D eigenvalue weighted by molar-refractivity contribution is 5.98. The fourth-order valence-electron chi connectivity index (χ4n) is 1.99. The molecule has 1 amide bonds. The number of esters is 1. The van der Waals surface area contributed by atoms with Gasteiger partial charge < -0.3 is 14.4 Å². The topological polar surface area (TPSA) is 99.0 Å². The van der Waals surface area contributed by atoms with Crippen LogP contribution in [-0.4, -0.2) is 36.6 Å². The fraction of sp³-hybridized carbons (Fsp3) is 0.385. The monoisotopic (exact) mass is 294 g/mol. The van der Waals surface area contributed by atoms with Gasteiger partial charge in [0, 0.05) is 18.7 Å². The molecule has 0 saturated heterocycles. The maximum Gasteiger partial charge on any atom is 0.307 e. The lowest BCUT2D eigenvalue weighted by Crippen LogP contribution is -2.40. The van der Waals surface area contributed by atoms with Crippen LogP contribution in [0.4, 0.5) is 11.4 Å². The fourth-order valence-corrected chi connectivity index (χ4v) is 1.99. The second-order valence-electron chi connectivity index (χ2n) is 4.30. The Morgan fingerprint density at radius 2 is 2.29 bits per heavy atom. The summed E-state index contributed by atoms with van der Waals surface area (Å²) in [4.78, 5) is 34.8. The number of nitro benzene ring substituents is 1. The van der Waals surface area contributed by atoms with E-state index < -0.39 is 10.9 Å². The van der Waals surface area contributed by atoms with E-state index in [0.717, 1.165) is 0 Å². The lowest BCUT2D eigenvalue weighted by Gasteiger charge is -2.28. The van der Waals surface area contributed by atoms with Crippen LogP contribution in [0.5, 0.6) is 5.75 Å². The van der Waals surface area contributed by atoms with Crippen molar-refractivity contribution in [3.8, 4) is 5.75 Å². The van der Waals surface area contributed by atoms with Gasteiger partial charge in [-0.25, -0.2) is 0 Å². The highest BCUT2D eigenvalue weighted by Gasteiger charge is 2.27. The van der Waals surface area contributed by atoms with Crippen molar-refractivity contribution in [3.63, 3.8) is 0 Å². The number of amides is 1. The zero-order valence-electron chi connectivity index (χ0n) is 11.4. The predicted molar refractivity (Wildman–Crippen MR) is 72.2 cm³/mol. The first-order valence-electron chi connectivity index (χ1n) is 6.40. The summed E-state index contributed by atoms with van der Waals surface area (Å²) in [5, 5.41) is 10.8. The van der Waals surface area contributed by atoms with Crippen LogP contribution < -0.4 is 9.64 Å². The van der Waals surface area contributed by atoms with Crippen LogP contribution in [-0.2, 0) is 14.3 Å². The molecule has 0 unspecified atom stereocenters. The average molecular weight is 294 g/mol. The molecule has 0 fully saturated rings. The van der Waals surface area contributed by atoms with Gasteiger partial charge >= 0.3 is 5.97 Å². The Labute approximate surface area is 120 Å². The van der Waals surface area contributed by atoms with Crippen LogP contribution in [0, 0.1) is 10.1 Å². The van der Waals surface area contributed by atoms with E-state index in [1.165, 1.54) is 23.1 Å². The molecule has 1 aromatic rings. The van der Waals surface area contributed by atoms with E-state index in [9.17, 15) is 19.7 Å². The van der Waals surface area contributed by atoms with Gasteiger partial charge in [0.2, 0.25) is 0 Å². The molecule has 8 heteroatoms. The van der Waals surface area contributed by atoms with E-state index in [4.69, 9.17) is 9.47 Å². The third-order valence-electron chi connectivity index (χ3n) is 2.94. The lowest BCUT2D eigenvalue weighted by molar-refractivity contribution is -0.384. The van der Waals surface area contributed by atoms with Crippen LogP contribution in [0.15, 0.2) is 18.2 Å². The second kappa shape index (κ2) is 6.21. The molecule has 0 aliphatic carbocycles. The third kappa shape index (κ3) is 3.28. The molecule has 0 radical (unpaired) electrons. The molecule has 0 N–H and O–H groups in total. The Hall–Kier alpha value is -2.64. The number of ether oxygens (including phenoxy) is 2. The molecular weight excluding hydrogens is 280 g/mol. The summed E-state index contributed by atoms with van der Waals surface area (Å²) in [5.41, 5.74) is 0.151. The number of nitrogens with zero attached hydrogens (tertiary/aromatic N) is 2.